The SMILES string of the molecule is BrCC(Br)c1ccc(N=Nc2ccccc2)cc1. The Morgan fingerprint density at radius 2 is 1.39 bits per heavy atom. The van der Waals surface area contributed by atoms with E-state index in [2.05, 4.69) is 54.2 Å². The number of nitrogens with zero attached hydrogens (tertiary/aromatic N) is 2. The van der Waals surface area contributed by atoms with Gasteiger partial charge in [-0.3, -0.25) is 0 Å². The van der Waals surface area contributed by atoms with Crippen molar-refractivity contribution in [2.45, 2.75) is 4.83 Å². The highest BCUT2D eigenvalue weighted by Gasteiger charge is 2.04. The molecule has 0 spiro atoms. The second kappa shape index (κ2) is 6.81. The minimum Gasteiger partial charge on any atom is -0.151 e. The highest BCUT2D eigenvalue weighted by Crippen LogP contribution is 2.27. The van der Waals surface area contributed by atoms with Crippen molar-refractivity contribution in [3.8, 4) is 0 Å². The first-order chi connectivity index (χ1) is 8.79. The molecule has 0 heterocycles. The van der Waals surface area contributed by atoms with E-state index in [9.17, 15) is 0 Å². The molecule has 0 amide bonds. The van der Waals surface area contributed by atoms with Crippen LogP contribution in [0, 0.1) is 0 Å². The van der Waals surface area contributed by atoms with E-state index in [1.165, 1.54) is 5.56 Å². The Kier molecular flexibility index (Phi) is 5.08. The minimum absolute atomic E-state index is 0.331. The topological polar surface area (TPSA) is 24.7 Å². The normalized spacial score (nSPS) is 12.8. The summed E-state index contributed by atoms with van der Waals surface area (Å²) in [7, 11) is 0. The van der Waals surface area contributed by atoms with Crippen molar-refractivity contribution in [2.24, 2.45) is 10.2 Å². The largest absolute Gasteiger partial charge is 0.151 e. The third-order valence-corrected chi connectivity index (χ3v) is 4.80. The van der Waals surface area contributed by atoms with Gasteiger partial charge in [-0.05, 0) is 29.8 Å². The predicted octanol–water partition coefficient (Wildman–Crippen LogP) is 5.93. The molecule has 2 rings (SSSR count). The minimum atomic E-state index is 0.331. The molecule has 2 aromatic carbocycles. The van der Waals surface area contributed by atoms with Crippen molar-refractivity contribution in [3.63, 3.8) is 0 Å². The van der Waals surface area contributed by atoms with Crippen LogP contribution in [-0.2, 0) is 0 Å². The first-order valence-corrected chi connectivity index (χ1v) is 7.60. The van der Waals surface area contributed by atoms with Gasteiger partial charge in [0.05, 0.1) is 11.4 Å². The molecule has 2 aromatic rings. The summed E-state index contributed by atoms with van der Waals surface area (Å²) in [5.41, 5.74) is 2.95. The predicted molar refractivity (Wildman–Crippen MR) is 82.5 cm³/mol. The van der Waals surface area contributed by atoms with Crippen LogP contribution in [0.4, 0.5) is 11.4 Å². The van der Waals surface area contributed by atoms with Gasteiger partial charge < -0.3 is 0 Å². The number of halogens is 2. The van der Waals surface area contributed by atoms with Crippen molar-refractivity contribution in [2.75, 3.05) is 5.33 Å². The fourth-order valence-electron chi connectivity index (χ4n) is 1.45. The lowest BCUT2D eigenvalue weighted by atomic mass is 10.1. The molecule has 0 saturated heterocycles. The molecule has 0 aliphatic carbocycles. The average Bonchev–Trinajstić information content (AvgIpc) is 2.46. The maximum atomic E-state index is 4.20. The molecule has 0 N–H and O–H groups in total. The van der Waals surface area contributed by atoms with Gasteiger partial charge in [-0.1, -0.05) is 62.2 Å². The van der Waals surface area contributed by atoms with Crippen LogP contribution in [0.25, 0.3) is 0 Å². The molecule has 0 fully saturated rings. The molecule has 92 valence electrons. The summed E-state index contributed by atoms with van der Waals surface area (Å²) in [5, 5.41) is 9.26. The summed E-state index contributed by atoms with van der Waals surface area (Å²) in [6.07, 6.45) is 0. The van der Waals surface area contributed by atoms with Gasteiger partial charge in [0.1, 0.15) is 0 Å². The van der Waals surface area contributed by atoms with E-state index in [-0.39, 0.29) is 0 Å². The molecule has 0 saturated carbocycles. The number of benzene rings is 2. The summed E-state index contributed by atoms with van der Waals surface area (Å²) >= 11 is 7.03. The Balaban J connectivity index is 2.09. The zero-order chi connectivity index (χ0) is 12.8. The molecule has 0 aliphatic rings. The smallest absolute Gasteiger partial charge is 0.0857 e. The molecule has 4 heteroatoms. The maximum absolute atomic E-state index is 4.20. The van der Waals surface area contributed by atoms with Crippen molar-refractivity contribution in [3.05, 3.63) is 60.2 Å². The Bertz CT molecular complexity index is 509. The lowest BCUT2D eigenvalue weighted by molar-refractivity contribution is 1.14. The fourth-order valence-corrected chi connectivity index (χ4v) is 2.13. The summed E-state index contributed by atoms with van der Waals surface area (Å²) in [6, 6.07) is 17.8. The molecule has 0 aromatic heterocycles. The molecule has 0 radical (unpaired) electrons. The van der Waals surface area contributed by atoms with E-state index in [4.69, 9.17) is 0 Å². The van der Waals surface area contributed by atoms with Crippen LogP contribution in [0.15, 0.2) is 64.8 Å². The third-order valence-electron chi connectivity index (χ3n) is 2.43. The Morgan fingerprint density at radius 1 is 0.833 bits per heavy atom. The number of hydrogen-bond donors (Lipinski definition) is 0. The van der Waals surface area contributed by atoms with Crippen LogP contribution in [0.5, 0.6) is 0 Å². The Labute approximate surface area is 123 Å². The lowest BCUT2D eigenvalue weighted by Crippen LogP contribution is -1.88. The van der Waals surface area contributed by atoms with Crippen LogP contribution in [0.1, 0.15) is 10.4 Å². The second-order valence-corrected chi connectivity index (χ2v) is 5.50. The molecule has 0 aliphatic heterocycles. The zero-order valence-corrected chi connectivity index (χ0v) is 12.8. The maximum Gasteiger partial charge on any atom is 0.0857 e. The molecular formula is C14H12Br2N2. The highest BCUT2D eigenvalue weighted by molar-refractivity contribution is 9.12. The highest BCUT2D eigenvalue weighted by atomic mass is 79.9. The standard InChI is InChI=1S/C14H12Br2N2/c15-10-14(16)11-6-8-13(9-7-11)18-17-12-4-2-1-3-5-12/h1-9,14H,10H2. The quantitative estimate of drug-likeness (QED) is 0.472. The molecule has 1 unspecified atom stereocenters. The monoisotopic (exact) mass is 366 g/mol. The zero-order valence-electron chi connectivity index (χ0n) is 9.63. The van der Waals surface area contributed by atoms with Crippen LogP contribution >= 0.6 is 31.9 Å². The Hall–Kier alpha value is -1.00. The summed E-state index contributed by atoms with van der Waals surface area (Å²) in [4.78, 5) is 0.331. The van der Waals surface area contributed by atoms with E-state index in [0.29, 0.717) is 4.83 Å². The van der Waals surface area contributed by atoms with Gasteiger partial charge in [0, 0.05) is 10.2 Å². The molecule has 18 heavy (non-hydrogen) atoms. The third kappa shape index (κ3) is 3.75. The van der Waals surface area contributed by atoms with Crippen LogP contribution < -0.4 is 0 Å². The van der Waals surface area contributed by atoms with Gasteiger partial charge in [0.15, 0.2) is 0 Å². The van der Waals surface area contributed by atoms with Crippen molar-refractivity contribution in [1.82, 2.24) is 0 Å². The van der Waals surface area contributed by atoms with Gasteiger partial charge in [-0.2, -0.15) is 10.2 Å². The van der Waals surface area contributed by atoms with Crippen LogP contribution in [0.2, 0.25) is 0 Å². The molecular weight excluding hydrogens is 356 g/mol. The first kappa shape index (κ1) is 13.4. The lowest BCUT2D eigenvalue weighted by Gasteiger charge is -2.05. The van der Waals surface area contributed by atoms with E-state index in [1.54, 1.807) is 0 Å². The summed E-state index contributed by atoms with van der Waals surface area (Å²) in [5.74, 6) is 0. The van der Waals surface area contributed by atoms with Gasteiger partial charge in [0.25, 0.3) is 0 Å². The fraction of sp³-hybridized carbons (Fsp3) is 0.143. The molecule has 2 nitrogen and oxygen atoms in total. The van der Waals surface area contributed by atoms with Crippen LogP contribution in [0.3, 0.4) is 0 Å². The molecule has 1 atom stereocenters. The number of rotatable bonds is 4. The van der Waals surface area contributed by atoms with Crippen molar-refractivity contribution >= 4 is 43.2 Å². The van der Waals surface area contributed by atoms with E-state index in [1.807, 2.05) is 42.5 Å². The van der Waals surface area contributed by atoms with Gasteiger partial charge in [-0.25, -0.2) is 0 Å². The Morgan fingerprint density at radius 3 is 1.94 bits per heavy atom. The average molecular weight is 368 g/mol. The van der Waals surface area contributed by atoms with Gasteiger partial charge in [-0.15, -0.1) is 0 Å². The number of hydrogen-bond acceptors (Lipinski definition) is 2. The summed E-state index contributed by atoms with van der Waals surface area (Å²) < 4.78 is 0. The van der Waals surface area contributed by atoms with E-state index in [0.717, 1.165) is 16.7 Å². The van der Waals surface area contributed by atoms with Crippen molar-refractivity contribution < 1.29 is 0 Å². The first-order valence-electron chi connectivity index (χ1n) is 5.56. The van der Waals surface area contributed by atoms with E-state index < -0.39 is 0 Å². The van der Waals surface area contributed by atoms with Crippen molar-refractivity contribution in [1.29, 1.82) is 0 Å². The van der Waals surface area contributed by atoms with Crippen LogP contribution in [-0.4, -0.2) is 5.33 Å². The van der Waals surface area contributed by atoms with Gasteiger partial charge >= 0.3 is 0 Å². The van der Waals surface area contributed by atoms with Gasteiger partial charge in [0.2, 0.25) is 0 Å². The number of alkyl halides is 2. The summed E-state index contributed by atoms with van der Waals surface area (Å²) in [6.45, 7) is 0. The second-order valence-electron chi connectivity index (χ2n) is 3.75. The molecule has 0 bridgehead atoms. The van der Waals surface area contributed by atoms with E-state index >= 15 is 0 Å². The number of azo groups is 1.